The highest BCUT2D eigenvalue weighted by molar-refractivity contribution is 9.10. The van der Waals surface area contributed by atoms with Gasteiger partial charge in [-0.3, -0.25) is 0 Å². The Morgan fingerprint density at radius 2 is 2.19 bits per heavy atom. The molecule has 1 aromatic carbocycles. The molecular formula is C17H24BrNO2. The van der Waals surface area contributed by atoms with Gasteiger partial charge in [-0.2, -0.15) is 0 Å². The van der Waals surface area contributed by atoms with Gasteiger partial charge in [-0.05, 0) is 37.8 Å². The molecule has 0 bridgehead atoms. The molecule has 3 nitrogen and oxygen atoms in total. The first-order chi connectivity index (χ1) is 10.2. The number of ether oxygens (including phenoxy) is 2. The standard InChI is InChI=1S/C17H24BrNO2/c1-20-12-14-15(18)5-4-6-16(14)19-13-7-10-21-17(11-13)8-2-3-9-17/h4-6,13,19H,2-3,7-12H2,1H3. The molecule has 0 amide bonds. The minimum atomic E-state index is 0.156. The average Bonchev–Trinajstić information content (AvgIpc) is 2.91. The summed E-state index contributed by atoms with van der Waals surface area (Å²) in [5.41, 5.74) is 2.54. The van der Waals surface area contributed by atoms with Gasteiger partial charge < -0.3 is 14.8 Å². The Morgan fingerprint density at radius 1 is 1.38 bits per heavy atom. The van der Waals surface area contributed by atoms with E-state index in [0.29, 0.717) is 12.6 Å². The molecular weight excluding hydrogens is 330 g/mol. The first-order valence-electron chi connectivity index (χ1n) is 7.89. The molecule has 0 radical (unpaired) electrons. The summed E-state index contributed by atoms with van der Waals surface area (Å²) < 4.78 is 12.6. The second kappa shape index (κ2) is 6.67. The Hall–Kier alpha value is -0.580. The molecule has 1 aromatic rings. The van der Waals surface area contributed by atoms with E-state index < -0.39 is 0 Å². The molecule has 21 heavy (non-hydrogen) atoms. The van der Waals surface area contributed by atoms with Gasteiger partial charge in [-0.15, -0.1) is 0 Å². The Labute approximate surface area is 135 Å². The van der Waals surface area contributed by atoms with Crippen LogP contribution in [0.25, 0.3) is 0 Å². The van der Waals surface area contributed by atoms with Gasteiger partial charge in [0.1, 0.15) is 0 Å². The van der Waals surface area contributed by atoms with Gasteiger partial charge in [-0.25, -0.2) is 0 Å². The van der Waals surface area contributed by atoms with Crippen LogP contribution >= 0.6 is 15.9 Å². The van der Waals surface area contributed by atoms with Gasteiger partial charge in [0, 0.05) is 35.5 Å². The molecule has 3 rings (SSSR count). The third-order valence-electron chi connectivity index (χ3n) is 4.77. The fourth-order valence-electron chi connectivity index (χ4n) is 3.72. The predicted octanol–water partition coefficient (Wildman–Crippen LogP) is 4.50. The van der Waals surface area contributed by atoms with E-state index in [9.17, 15) is 0 Å². The monoisotopic (exact) mass is 353 g/mol. The fourth-order valence-corrected chi connectivity index (χ4v) is 4.20. The lowest BCUT2D eigenvalue weighted by Crippen LogP contribution is -2.42. The van der Waals surface area contributed by atoms with Gasteiger partial charge in [0.05, 0.1) is 12.2 Å². The van der Waals surface area contributed by atoms with E-state index in [0.717, 1.165) is 23.9 Å². The van der Waals surface area contributed by atoms with E-state index in [1.165, 1.54) is 36.9 Å². The zero-order valence-corrected chi connectivity index (χ0v) is 14.2. The summed E-state index contributed by atoms with van der Waals surface area (Å²) >= 11 is 3.63. The first-order valence-corrected chi connectivity index (χ1v) is 8.69. The van der Waals surface area contributed by atoms with Gasteiger partial charge in [0.15, 0.2) is 0 Å². The van der Waals surface area contributed by atoms with Crippen molar-refractivity contribution in [3.63, 3.8) is 0 Å². The van der Waals surface area contributed by atoms with E-state index >= 15 is 0 Å². The molecule has 116 valence electrons. The number of methoxy groups -OCH3 is 1. The zero-order chi connectivity index (χ0) is 14.7. The van der Waals surface area contributed by atoms with E-state index in [-0.39, 0.29) is 5.60 Å². The Morgan fingerprint density at radius 3 is 2.95 bits per heavy atom. The molecule has 1 saturated heterocycles. The zero-order valence-electron chi connectivity index (χ0n) is 12.7. The van der Waals surface area contributed by atoms with Crippen molar-refractivity contribution < 1.29 is 9.47 Å². The lowest BCUT2D eigenvalue weighted by atomic mass is 9.88. The van der Waals surface area contributed by atoms with Gasteiger partial charge in [0.25, 0.3) is 0 Å². The molecule has 2 fully saturated rings. The topological polar surface area (TPSA) is 30.5 Å². The van der Waals surface area contributed by atoms with E-state index in [1.54, 1.807) is 7.11 Å². The number of hydrogen-bond acceptors (Lipinski definition) is 3. The van der Waals surface area contributed by atoms with Crippen molar-refractivity contribution in [1.82, 2.24) is 0 Å². The van der Waals surface area contributed by atoms with Crippen LogP contribution in [0.15, 0.2) is 22.7 Å². The van der Waals surface area contributed by atoms with Crippen molar-refractivity contribution in [2.24, 2.45) is 0 Å². The predicted molar refractivity (Wildman–Crippen MR) is 88.7 cm³/mol. The third-order valence-corrected chi connectivity index (χ3v) is 5.52. The molecule has 1 heterocycles. The molecule has 4 heteroatoms. The summed E-state index contributed by atoms with van der Waals surface area (Å²) in [6.07, 6.45) is 7.31. The smallest absolute Gasteiger partial charge is 0.0744 e. The van der Waals surface area contributed by atoms with E-state index in [4.69, 9.17) is 9.47 Å². The average molecular weight is 354 g/mol. The molecule has 2 aliphatic rings. The number of hydrogen-bond donors (Lipinski definition) is 1. The van der Waals surface area contributed by atoms with Crippen molar-refractivity contribution in [3.05, 3.63) is 28.2 Å². The van der Waals surface area contributed by atoms with Crippen molar-refractivity contribution >= 4 is 21.6 Å². The molecule has 1 aliphatic carbocycles. The Balaban J connectivity index is 1.72. The molecule has 1 atom stereocenters. The summed E-state index contributed by atoms with van der Waals surface area (Å²) in [7, 11) is 1.74. The SMILES string of the molecule is COCc1c(Br)cccc1NC1CCOC2(CCCC2)C1. The van der Waals surface area contributed by atoms with Crippen molar-refractivity contribution in [3.8, 4) is 0 Å². The second-order valence-corrected chi connectivity index (χ2v) is 7.13. The number of nitrogens with one attached hydrogen (secondary N) is 1. The van der Waals surface area contributed by atoms with Crippen LogP contribution in [0.3, 0.4) is 0 Å². The molecule has 1 spiro atoms. The Bertz CT molecular complexity index is 486. The van der Waals surface area contributed by atoms with Gasteiger partial charge >= 0.3 is 0 Å². The van der Waals surface area contributed by atoms with Gasteiger partial charge in [-0.1, -0.05) is 34.8 Å². The van der Waals surface area contributed by atoms with Crippen LogP contribution in [0.4, 0.5) is 5.69 Å². The van der Waals surface area contributed by atoms with Crippen LogP contribution in [0.1, 0.15) is 44.1 Å². The van der Waals surface area contributed by atoms with Crippen LogP contribution in [0.2, 0.25) is 0 Å². The van der Waals surface area contributed by atoms with E-state index in [2.05, 4.69) is 39.4 Å². The summed E-state index contributed by atoms with van der Waals surface area (Å²) in [4.78, 5) is 0. The van der Waals surface area contributed by atoms with Crippen LogP contribution in [-0.4, -0.2) is 25.4 Å². The first kappa shape index (κ1) is 15.3. The van der Waals surface area contributed by atoms with E-state index in [1.807, 2.05) is 0 Å². The van der Waals surface area contributed by atoms with Crippen molar-refractivity contribution in [1.29, 1.82) is 0 Å². The molecule has 1 aliphatic heterocycles. The lowest BCUT2D eigenvalue weighted by molar-refractivity contribution is -0.0767. The minimum Gasteiger partial charge on any atom is -0.382 e. The largest absolute Gasteiger partial charge is 0.382 e. The van der Waals surface area contributed by atoms with Crippen LogP contribution in [-0.2, 0) is 16.1 Å². The number of benzene rings is 1. The molecule has 1 saturated carbocycles. The molecule has 0 aromatic heterocycles. The van der Waals surface area contributed by atoms with Crippen molar-refractivity contribution in [2.45, 2.75) is 56.8 Å². The highest BCUT2D eigenvalue weighted by Gasteiger charge is 2.39. The van der Waals surface area contributed by atoms with Crippen LogP contribution in [0, 0.1) is 0 Å². The maximum Gasteiger partial charge on any atom is 0.0744 e. The van der Waals surface area contributed by atoms with Crippen LogP contribution in [0.5, 0.6) is 0 Å². The summed E-state index contributed by atoms with van der Waals surface area (Å²) in [6, 6.07) is 6.80. The minimum absolute atomic E-state index is 0.156. The summed E-state index contributed by atoms with van der Waals surface area (Å²) in [5, 5.41) is 3.74. The highest BCUT2D eigenvalue weighted by Crippen LogP contribution is 2.41. The van der Waals surface area contributed by atoms with Gasteiger partial charge in [0.2, 0.25) is 0 Å². The second-order valence-electron chi connectivity index (χ2n) is 6.27. The number of halogens is 1. The summed E-state index contributed by atoms with van der Waals surface area (Å²) in [6.45, 7) is 1.50. The molecule has 1 N–H and O–H groups in total. The van der Waals surface area contributed by atoms with Crippen molar-refractivity contribution in [2.75, 3.05) is 19.0 Å². The maximum absolute atomic E-state index is 6.12. The number of anilines is 1. The quantitative estimate of drug-likeness (QED) is 0.864. The third kappa shape index (κ3) is 3.43. The normalized spacial score (nSPS) is 24.4. The summed E-state index contributed by atoms with van der Waals surface area (Å²) in [5.74, 6) is 0. The fraction of sp³-hybridized carbons (Fsp3) is 0.647. The maximum atomic E-state index is 6.12. The molecule has 1 unspecified atom stereocenters. The van der Waals surface area contributed by atoms with Crippen LogP contribution < -0.4 is 5.32 Å². The number of rotatable bonds is 4. The Kier molecular flexibility index (Phi) is 4.87. The highest BCUT2D eigenvalue weighted by atomic mass is 79.9. The lowest BCUT2D eigenvalue weighted by Gasteiger charge is -2.39.